The van der Waals surface area contributed by atoms with E-state index in [0.29, 0.717) is 17.6 Å². The number of ether oxygens (including phenoxy) is 2. The molecule has 1 aromatic rings. The Kier molecular flexibility index (Phi) is 9.83. The molecule has 0 radical (unpaired) electrons. The van der Waals surface area contributed by atoms with Gasteiger partial charge in [-0.3, -0.25) is 4.79 Å². The predicted molar refractivity (Wildman–Crippen MR) is 146 cm³/mol. The summed E-state index contributed by atoms with van der Waals surface area (Å²) in [5.74, 6) is -0.597. The molecule has 0 unspecified atom stereocenters. The zero-order valence-corrected chi connectivity index (χ0v) is 22.4. The van der Waals surface area contributed by atoms with Gasteiger partial charge in [0.05, 0.1) is 17.8 Å². The van der Waals surface area contributed by atoms with E-state index < -0.39 is 12.1 Å². The molecule has 1 aliphatic carbocycles. The van der Waals surface area contributed by atoms with Gasteiger partial charge in [0.1, 0.15) is 6.10 Å². The molecule has 4 nitrogen and oxygen atoms in total. The van der Waals surface area contributed by atoms with E-state index in [9.17, 15) is 9.59 Å². The molecular weight excluding hydrogens is 448 g/mol. The number of rotatable bonds is 9. The lowest BCUT2D eigenvalue weighted by Crippen LogP contribution is -2.34. The zero-order valence-electron chi connectivity index (χ0n) is 22.4. The van der Waals surface area contributed by atoms with Crippen molar-refractivity contribution in [3.63, 3.8) is 0 Å². The Hall–Kier alpha value is -2.98. The average Bonchev–Trinajstić information content (AvgIpc) is 2.81. The van der Waals surface area contributed by atoms with Crippen LogP contribution in [-0.2, 0) is 14.3 Å². The van der Waals surface area contributed by atoms with Crippen LogP contribution in [0.3, 0.4) is 0 Å². The lowest BCUT2D eigenvalue weighted by Gasteiger charge is -2.33. The van der Waals surface area contributed by atoms with Crippen LogP contribution in [0.2, 0.25) is 0 Å². The number of Topliss-reactive ketones (excluding diaryl/α,β-unsaturated/α-hetero) is 1. The molecule has 0 bridgehead atoms. The highest BCUT2D eigenvalue weighted by Gasteiger charge is 2.34. The predicted octanol–water partition coefficient (Wildman–Crippen LogP) is 7.49. The summed E-state index contributed by atoms with van der Waals surface area (Å²) in [5, 5.41) is 0. The molecule has 2 aliphatic rings. The van der Waals surface area contributed by atoms with Gasteiger partial charge in [-0.2, -0.15) is 0 Å². The summed E-state index contributed by atoms with van der Waals surface area (Å²) in [7, 11) is 0. The molecule has 0 saturated heterocycles. The van der Waals surface area contributed by atoms with Gasteiger partial charge in [0.25, 0.3) is 0 Å². The Labute approximate surface area is 216 Å². The van der Waals surface area contributed by atoms with Gasteiger partial charge in [-0.1, -0.05) is 65.3 Å². The number of hydrogen-bond acceptors (Lipinski definition) is 4. The highest BCUT2D eigenvalue weighted by molar-refractivity contribution is 5.96. The first-order chi connectivity index (χ1) is 17.1. The molecule has 0 aromatic heterocycles. The van der Waals surface area contributed by atoms with Crippen LogP contribution in [0.1, 0.15) is 77.1 Å². The van der Waals surface area contributed by atoms with Gasteiger partial charge in [0.2, 0.25) is 0 Å². The van der Waals surface area contributed by atoms with Crippen LogP contribution >= 0.6 is 0 Å². The maximum atomic E-state index is 12.7. The summed E-state index contributed by atoms with van der Waals surface area (Å²) in [6, 6.07) is 8.94. The van der Waals surface area contributed by atoms with Crippen molar-refractivity contribution in [2.45, 2.75) is 85.0 Å². The van der Waals surface area contributed by atoms with Crippen LogP contribution < -0.4 is 0 Å². The quantitative estimate of drug-likeness (QED) is 0.267. The summed E-state index contributed by atoms with van der Waals surface area (Å²) < 4.78 is 12.3. The van der Waals surface area contributed by atoms with E-state index in [0.717, 1.165) is 24.8 Å². The van der Waals surface area contributed by atoms with Crippen LogP contribution in [-0.4, -0.2) is 30.1 Å². The third kappa shape index (κ3) is 8.03. The van der Waals surface area contributed by atoms with Crippen molar-refractivity contribution in [3.8, 4) is 0 Å². The minimum absolute atomic E-state index is 0.0290. The van der Waals surface area contributed by atoms with E-state index in [1.54, 1.807) is 25.1 Å². The zero-order chi connectivity index (χ0) is 26.2. The topological polar surface area (TPSA) is 52.6 Å². The molecule has 3 rings (SSSR count). The molecular formula is C32H40O4. The molecule has 0 spiro atoms. The first-order valence-electron chi connectivity index (χ1n) is 12.9. The summed E-state index contributed by atoms with van der Waals surface area (Å²) in [5.41, 5.74) is 5.96. The van der Waals surface area contributed by atoms with Crippen LogP contribution in [0.5, 0.6) is 0 Å². The first-order valence-corrected chi connectivity index (χ1v) is 12.9. The smallest absolute Gasteiger partial charge is 0.338 e. The van der Waals surface area contributed by atoms with Crippen molar-refractivity contribution in [1.29, 1.82) is 0 Å². The fourth-order valence-corrected chi connectivity index (χ4v) is 4.81. The Morgan fingerprint density at radius 1 is 1.11 bits per heavy atom. The fraction of sp³-hybridized carbons (Fsp3) is 0.438. The second-order valence-electron chi connectivity index (χ2n) is 10.4. The third-order valence-electron chi connectivity index (χ3n) is 6.80. The second kappa shape index (κ2) is 12.8. The van der Waals surface area contributed by atoms with Crippen LogP contribution in [0.4, 0.5) is 0 Å². The lowest BCUT2D eigenvalue weighted by atomic mass is 9.80. The average molecular weight is 489 g/mol. The van der Waals surface area contributed by atoms with Gasteiger partial charge in [-0.05, 0) is 84.1 Å². The highest BCUT2D eigenvalue weighted by atomic mass is 16.5. The lowest BCUT2D eigenvalue weighted by molar-refractivity contribution is -0.117. The maximum Gasteiger partial charge on any atom is 0.338 e. The van der Waals surface area contributed by atoms with Crippen LogP contribution in [0.25, 0.3) is 0 Å². The number of carbonyl (C=O) groups is 2. The Morgan fingerprint density at radius 3 is 2.53 bits per heavy atom. The van der Waals surface area contributed by atoms with E-state index >= 15 is 0 Å². The number of esters is 1. The van der Waals surface area contributed by atoms with Crippen LogP contribution in [0.15, 0.2) is 89.1 Å². The van der Waals surface area contributed by atoms with Gasteiger partial charge in [-0.15, -0.1) is 0 Å². The number of ketones is 1. The van der Waals surface area contributed by atoms with Crippen molar-refractivity contribution in [2.24, 2.45) is 5.92 Å². The first kappa shape index (κ1) is 27.6. The molecule has 0 saturated carbocycles. The Balaban J connectivity index is 1.68. The van der Waals surface area contributed by atoms with Crippen molar-refractivity contribution in [3.05, 3.63) is 94.6 Å². The summed E-state index contributed by atoms with van der Waals surface area (Å²) in [6.07, 6.45) is 11.6. The molecule has 1 heterocycles. The largest absolute Gasteiger partial charge is 0.454 e. The molecule has 0 amide bonds. The fourth-order valence-electron chi connectivity index (χ4n) is 4.81. The van der Waals surface area contributed by atoms with E-state index in [-0.39, 0.29) is 30.3 Å². The third-order valence-corrected chi connectivity index (χ3v) is 6.80. The SMILES string of the molecule is C=C(C[C@@H]1C=C(C)C[C@@H](/C=C(\C)CCC=C(C)C)O1)[C@H]1CC(=O)C(C)=C[C@H]1OC(=O)c1ccccc1. The standard InChI is InChI=1S/C32H40O4/c1-21(2)11-10-12-22(3)15-27-16-23(4)17-28(35-27)18-24(5)29-20-30(33)25(6)19-31(29)36-32(34)26-13-8-7-9-14-26/h7-9,11,13-15,17,19,27-29,31H,5,10,12,16,18,20H2,1-4,6H3/b22-15+/t27-,28+,29-,31-/m1/s1. The molecule has 1 aromatic carbocycles. The summed E-state index contributed by atoms with van der Waals surface area (Å²) >= 11 is 0. The summed E-state index contributed by atoms with van der Waals surface area (Å²) in [6.45, 7) is 14.7. The van der Waals surface area contributed by atoms with E-state index in [4.69, 9.17) is 9.47 Å². The molecule has 4 heteroatoms. The molecule has 36 heavy (non-hydrogen) atoms. The Morgan fingerprint density at radius 2 is 1.83 bits per heavy atom. The minimum atomic E-state index is -0.524. The minimum Gasteiger partial charge on any atom is -0.454 e. The second-order valence-corrected chi connectivity index (χ2v) is 10.4. The molecule has 0 N–H and O–H groups in total. The molecule has 192 valence electrons. The van der Waals surface area contributed by atoms with Crippen molar-refractivity contribution < 1.29 is 19.1 Å². The van der Waals surface area contributed by atoms with Crippen molar-refractivity contribution in [2.75, 3.05) is 0 Å². The van der Waals surface area contributed by atoms with E-state index in [1.807, 2.05) is 18.2 Å². The van der Waals surface area contributed by atoms with Gasteiger partial charge < -0.3 is 9.47 Å². The highest BCUT2D eigenvalue weighted by Crippen LogP contribution is 2.34. The number of hydrogen-bond donors (Lipinski definition) is 0. The summed E-state index contributed by atoms with van der Waals surface area (Å²) in [4.78, 5) is 25.3. The van der Waals surface area contributed by atoms with E-state index in [1.165, 1.54) is 16.7 Å². The number of benzene rings is 1. The Bertz CT molecular complexity index is 1080. The normalized spacial score (nSPS) is 24.5. The monoisotopic (exact) mass is 488 g/mol. The number of allylic oxidation sites excluding steroid dienone is 4. The molecule has 1 aliphatic heterocycles. The molecule has 0 fully saturated rings. The van der Waals surface area contributed by atoms with Gasteiger partial charge >= 0.3 is 5.97 Å². The van der Waals surface area contributed by atoms with Gasteiger partial charge in [0.15, 0.2) is 5.78 Å². The van der Waals surface area contributed by atoms with Crippen molar-refractivity contribution in [1.82, 2.24) is 0 Å². The molecule has 4 atom stereocenters. The number of carbonyl (C=O) groups excluding carboxylic acids is 2. The van der Waals surface area contributed by atoms with E-state index in [2.05, 4.69) is 52.5 Å². The van der Waals surface area contributed by atoms with Crippen molar-refractivity contribution >= 4 is 11.8 Å². The van der Waals surface area contributed by atoms with Gasteiger partial charge in [0, 0.05) is 12.3 Å². The van der Waals surface area contributed by atoms with Crippen LogP contribution in [0, 0.1) is 5.92 Å². The maximum absolute atomic E-state index is 12.7. The van der Waals surface area contributed by atoms with Gasteiger partial charge in [-0.25, -0.2) is 4.79 Å².